The molecule has 1 saturated heterocycles. The molecule has 1 fully saturated rings. The van der Waals surface area contributed by atoms with Crippen LogP contribution in [0.1, 0.15) is 87.7 Å². The van der Waals surface area contributed by atoms with Crippen molar-refractivity contribution in [1.82, 2.24) is 40.1 Å². The summed E-state index contributed by atoms with van der Waals surface area (Å²) in [6.07, 6.45) is -1.61. The zero-order chi connectivity index (χ0) is 40.3. The highest BCUT2D eigenvalue weighted by atomic mass is 32.2. The van der Waals surface area contributed by atoms with Crippen LogP contribution in [0.4, 0.5) is 14.7 Å². The number of aromatic nitrogens is 5. The van der Waals surface area contributed by atoms with E-state index in [1.807, 2.05) is 0 Å². The number of anilines is 1. The van der Waals surface area contributed by atoms with E-state index < -0.39 is 87.0 Å². The summed E-state index contributed by atoms with van der Waals surface area (Å²) >= 11 is 0.873. The van der Waals surface area contributed by atoms with Crippen molar-refractivity contribution in [1.29, 1.82) is 0 Å². The number of nitrogens with zero attached hydrogens (tertiary/aromatic N) is 7. The van der Waals surface area contributed by atoms with Crippen LogP contribution in [0.3, 0.4) is 0 Å². The van der Waals surface area contributed by atoms with E-state index in [0.717, 1.165) is 16.1 Å². The number of hydrogen-bond acceptors (Lipinski definition) is 17. The number of oxime groups is 1. The van der Waals surface area contributed by atoms with Gasteiger partial charge in [-0.25, -0.2) is 23.7 Å². The molecule has 22 nitrogen and oxygen atoms in total. The maximum absolute atomic E-state index is 13.8. The van der Waals surface area contributed by atoms with Crippen molar-refractivity contribution in [2.45, 2.75) is 124 Å². The van der Waals surface area contributed by atoms with Crippen LogP contribution in [0.15, 0.2) is 10.5 Å². The maximum atomic E-state index is 13.8. The number of esters is 1. The molecule has 4 amide bonds. The van der Waals surface area contributed by atoms with Crippen LogP contribution in [-0.4, -0.2) is 113 Å². The molecular formula is C29H44N10O12S2. The molecule has 0 aliphatic carbocycles. The van der Waals surface area contributed by atoms with E-state index in [1.54, 1.807) is 62.3 Å². The third-order valence-corrected chi connectivity index (χ3v) is 7.87. The Labute approximate surface area is 309 Å². The molecule has 0 saturated carbocycles. The average molecular weight is 789 g/mol. The zero-order valence-electron chi connectivity index (χ0n) is 31.0. The minimum absolute atomic E-state index is 0.0148. The van der Waals surface area contributed by atoms with Gasteiger partial charge in [-0.2, -0.15) is 13.2 Å². The number of rotatable bonds is 12. The van der Waals surface area contributed by atoms with Gasteiger partial charge < -0.3 is 29.7 Å². The standard InChI is InChI=1S/C29H44N10O12S2/c1-26(2,3)48-22(42)29(10,11)51-36-18(15-14-52-23(31-15)33-25(44)50-28(7,8)9)20(40)32-19-16(39(21(19)41)53(45,46)47)13-38-35-17(34-37-38)12-30-24(43)49-27(4,5)6/h14,16,19H,12-13H2,1-11H3,(H,30,43)(H,32,40)(H,31,33,44)(H,45,46,47)/b36-18+/t16-,19+/m1/s1. The van der Waals surface area contributed by atoms with Crippen molar-refractivity contribution in [3.63, 3.8) is 0 Å². The number of ether oxygens (including phenoxy) is 3. The third kappa shape index (κ3) is 12.6. The van der Waals surface area contributed by atoms with E-state index in [0.29, 0.717) is 0 Å². The van der Waals surface area contributed by atoms with Gasteiger partial charge in [-0.05, 0) is 81.4 Å². The lowest BCUT2D eigenvalue weighted by Gasteiger charge is -2.43. The van der Waals surface area contributed by atoms with Crippen LogP contribution >= 0.6 is 11.3 Å². The van der Waals surface area contributed by atoms with Gasteiger partial charge in [0.2, 0.25) is 5.60 Å². The number of hydrogen-bond donors (Lipinski definition) is 4. The predicted octanol–water partition coefficient (Wildman–Crippen LogP) is 1.54. The van der Waals surface area contributed by atoms with Crippen molar-refractivity contribution < 1.29 is 56.0 Å². The van der Waals surface area contributed by atoms with Crippen LogP contribution in [0.5, 0.6) is 0 Å². The Morgan fingerprint density at radius 1 is 0.943 bits per heavy atom. The van der Waals surface area contributed by atoms with Crippen molar-refractivity contribution >= 4 is 62.5 Å². The normalized spacial score (nSPS) is 17.0. The van der Waals surface area contributed by atoms with Crippen LogP contribution in [0.2, 0.25) is 0 Å². The second-order valence-electron chi connectivity index (χ2n) is 15.0. The number of carbonyl (C=O) groups is 5. The Hall–Kier alpha value is -4.97. The molecule has 2 atom stereocenters. The molecule has 0 spiro atoms. The molecule has 3 rings (SSSR count). The molecule has 0 aromatic carbocycles. The smallest absolute Gasteiger partial charge is 0.413 e. The summed E-state index contributed by atoms with van der Waals surface area (Å²) in [5.74, 6) is -3.21. The highest BCUT2D eigenvalue weighted by Gasteiger charge is 2.55. The van der Waals surface area contributed by atoms with Crippen LogP contribution in [-0.2, 0) is 56.8 Å². The first-order valence-corrected chi connectivity index (χ1v) is 18.1. The number of alkyl carbamates (subject to hydrolysis) is 1. The van der Waals surface area contributed by atoms with Crippen LogP contribution in [0, 0.1) is 0 Å². The first-order chi connectivity index (χ1) is 24.0. The summed E-state index contributed by atoms with van der Waals surface area (Å²) in [5, 5.41) is 24.0. The average Bonchev–Trinajstić information content (AvgIpc) is 3.60. The molecule has 3 heterocycles. The Bertz CT molecular complexity index is 1850. The summed E-state index contributed by atoms with van der Waals surface area (Å²) in [7, 11) is -5.13. The van der Waals surface area contributed by atoms with Gasteiger partial charge in [-0.3, -0.25) is 19.5 Å². The molecule has 2 aromatic rings. The minimum Gasteiger partial charge on any atom is -0.457 e. The zero-order valence-corrected chi connectivity index (χ0v) is 32.7. The Balaban J connectivity index is 1.89. The van der Waals surface area contributed by atoms with Gasteiger partial charge in [0.15, 0.2) is 16.7 Å². The number of β-lactam (4-membered cyclic amide) rings is 1. The molecule has 0 radical (unpaired) electrons. The van der Waals surface area contributed by atoms with Gasteiger partial charge in [-0.15, -0.1) is 21.5 Å². The predicted molar refractivity (Wildman–Crippen MR) is 185 cm³/mol. The van der Waals surface area contributed by atoms with Crippen molar-refractivity contribution in [3.8, 4) is 0 Å². The molecule has 24 heteroatoms. The van der Waals surface area contributed by atoms with E-state index in [1.165, 1.54) is 19.2 Å². The number of amides is 4. The topological polar surface area (TPSA) is 285 Å². The summed E-state index contributed by atoms with van der Waals surface area (Å²) in [6.45, 7) is 16.8. The van der Waals surface area contributed by atoms with Gasteiger partial charge >= 0.3 is 28.5 Å². The van der Waals surface area contributed by atoms with E-state index in [2.05, 4.69) is 41.5 Å². The van der Waals surface area contributed by atoms with Gasteiger partial charge in [0, 0.05) is 5.38 Å². The number of carbonyl (C=O) groups excluding carboxylic acids is 5. The molecule has 0 unspecified atom stereocenters. The lowest BCUT2D eigenvalue weighted by atomic mass is 9.98. The second-order valence-corrected chi connectivity index (χ2v) is 17.1. The largest absolute Gasteiger partial charge is 0.457 e. The van der Waals surface area contributed by atoms with Gasteiger partial charge in [0.25, 0.3) is 11.8 Å². The van der Waals surface area contributed by atoms with Gasteiger partial charge in [0.1, 0.15) is 34.6 Å². The number of thiazole rings is 1. The minimum atomic E-state index is -5.13. The molecule has 4 N–H and O–H groups in total. The second kappa shape index (κ2) is 15.6. The fourth-order valence-electron chi connectivity index (χ4n) is 4.04. The molecule has 1 aliphatic rings. The third-order valence-electron chi connectivity index (χ3n) is 6.16. The monoisotopic (exact) mass is 788 g/mol. The van der Waals surface area contributed by atoms with Gasteiger partial charge in [-0.1, -0.05) is 5.16 Å². The summed E-state index contributed by atoms with van der Waals surface area (Å²) < 4.78 is 49.9. The lowest BCUT2D eigenvalue weighted by molar-refractivity contribution is -0.179. The maximum Gasteiger partial charge on any atom is 0.413 e. The summed E-state index contributed by atoms with van der Waals surface area (Å²) in [5.41, 5.74) is -5.03. The Morgan fingerprint density at radius 2 is 1.53 bits per heavy atom. The highest BCUT2D eigenvalue weighted by molar-refractivity contribution is 7.84. The van der Waals surface area contributed by atoms with Crippen molar-refractivity contribution in [2.24, 2.45) is 5.16 Å². The van der Waals surface area contributed by atoms with Gasteiger partial charge in [0.05, 0.1) is 13.1 Å². The molecular weight excluding hydrogens is 745 g/mol. The van der Waals surface area contributed by atoms with E-state index >= 15 is 0 Å². The molecule has 53 heavy (non-hydrogen) atoms. The van der Waals surface area contributed by atoms with E-state index in [4.69, 9.17) is 19.0 Å². The first-order valence-electron chi connectivity index (χ1n) is 15.9. The lowest BCUT2D eigenvalue weighted by Crippen LogP contribution is -2.73. The van der Waals surface area contributed by atoms with E-state index in [9.17, 15) is 36.9 Å². The highest BCUT2D eigenvalue weighted by Crippen LogP contribution is 2.26. The molecule has 1 aliphatic heterocycles. The van der Waals surface area contributed by atoms with Crippen LogP contribution < -0.4 is 16.0 Å². The molecule has 294 valence electrons. The first kappa shape index (κ1) is 42.4. The number of nitrogens with one attached hydrogen (secondary N) is 3. The van der Waals surface area contributed by atoms with Crippen molar-refractivity contribution in [2.75, 3.05) is 5.32 Å². The van der Waals surface area contributed by atoms with Crippen LogP contribution in [0.25, 0.3) is 0 Å². The van der Waals surface area contributed by atoms with E-state index in [-0.39, 0.29) is 27.5 Å². The molecule has 0 bridgehead atoms. The SMILES string of the molecule is CC(C)(C)OC(=O)NCc1nnn(C[C@@H]2[C@H](NC(=O)/C(=N/OC(C)(C)C(=O)OC(C)(C)C)c3csc(NC(=O)OC(C)(C)C)n3)C(=O)N2S(=O)(=O)O)n1. The number of tetrazole rings is 1. The van der Waals surface area contributed by atoms with Crippen molar-refractivity contribution in [3.05, 3.63) is 16.9 Å². The summed E-state index contributed by atoms with van der Waals surface area (Å²) in [4.78, 5) is 74.5. The fourth-order valence-corrected chi connectivity index (χ4v) is 5.59. The summed E-state index contributed by atoms with van der Waals surface area (Å²) in [6, 6.07) is -3.09. The quantitative estimate of drug-likeness (QED) is 0.0592. The Kier molecular flexibility index (Phi) is 12.5. The fraction of sp³-hybridized carbons (Fsp3) is 0.655. The Morgan fingerprint density at radius 3 is 2.09 bits per heavy atom. The molecule has 2 aromatic heterocycles.